The topological polar surface area (TPSA) is 89.4 Å². The monoisotopic (exact) mass is 301 g/mol. The molecule has 0 heterocycles. The van der Waals surface area contributed by atoms with Crippen molar-refractivity contribution in [1.29, 1.82) is 0 Å². The molecule has 0 aliphatic rings. The van der Waals surface area contributed by atoms with E-state index >= 15 is 0 Å². The van der Waals surface area contributed by atoms with Crippen molar-refractivity contribution >= 4 is 10.1 Å². The molecular weight excluding hydrogens is 274 g/mol. The van der Waals surface area contributed by atoms with Crippen molar-refractivity contribution in [3.05, 3.63) is 29.8 Å². The molecule has 0 amide bonds. The second kappa shape index (κ2) is 9.10. The molecule has 4 nitrogen and oxygen atoms in total. The Bertz CT molecular complexity index is 486. The summed E-state index contributed by atoms with van der Waals surface area (Å²) in [6, 6.07) is 6.70. The summed E-state index contributed by atoms with van der Waals surface area (Å²) in [7, 11) is -4.11. The summed E-state index contributed by atoms with van der Waals surface area (Å²) >= 11 is 0. The highest BCUT2D eigenvalue weighted by atomic mass is 32.2. The van der Waals surface area contributed by atoms with Crippen LogP contribution in [0.5, 0.6) is 0 Å². The third-order valence-electron chi connectivity index (χ3n) is 3.37. The maximum Gasteiger partial charge on any atom is 0.294 e. The smallest absolute Gasteiger partial charge is 0.294 e. The van der Waals surface area contributed by atoms with Gasteiger partial charge in [0, 0.05) is 0 Å². The summed E-state index contributed by atoms with van der Waals surface area (Å²) in [4.78, 5) is 0.0513. The predicted octanol–water partition coefficient (Wildman–Crippen LogP) is 4.24. The Hall–Kier alpha value is -0.910. The fraction of sp³-hybridized carbons (Fsp3) is 0.600. The van der Waals surface area contributed by atoms with Gasteiger partial charge in [0.15, 0.2) is 0 Å². The van der Waals surface area contributed by atoms with Crippen LogP contribution in [-0.2, 0) is 16.5 Å². The minimum atomic E-state index is -4.11. The van der Waals surface area contributed by atoms with E-state index in [1.165, 1.54) is 31.7 Å². The highest BCUT2D eigenvalue weighted by Crippen LogP contribution is 2.21. The molecule has 1 unspecified atom stereocenters. The number of rotatable bonds is 8. The van der Waals surface area contributed by atoms with Crippen LogP contribution in [0.1, 0.15) is 51.5 Å². The van der Waals surface area contributed by atoms with Crippen LogP contribution >= 0.6 is 0 Å². The molecule has 1 aromatic carbocycles. The van der Waals surface area contributed by atoms with E-state index in [4.69, 9.17) is 0 Å². The van der Waals surface area contributed by atoms with Crippen LogP contribution in [0.15, 0.2) is 29.2 Å². The summed E-state index contributed by atoms with van der Waals surface area (Å²) in [5.41, 5.74) is 0.716. The van der Waals surface area contributed by atoms with Gasteiger partial charge in [-0.15, -0.1) is 0 Å². The third-order valence-corrected chi connectivity index (χ3v) is 4.32. The molecular formula is C15H27NO3S. The largest absolute Gasteiger partial charge is 0.344 e. The first-order valence-electron chi connectivity index (χ1n) is 7.00. The molecule has 0 fully saturated rings. The van der Waals surface area contributed by atoms with Crippen molar-refractivity contribution < 1.29 is 13.0 Å². The minimum absolute atomic E-state index is 0. The standard InChI is InChI=1S/C15H24O3S.H3N/c1-3-4-5-6-9-13(2)12-14-10-7-8-11-15(14)19(16,17)18;/h7-8,10-11,13H,3-6,9,12H2,1-2H3,(H,16,17,18);1H3. The lowest BCUT2D eigenvalue weighted by Gasteiger charge is -2.13. The molecule has 0 radical (unpaired) electrons. The molecule has 0 saturated carbocycles. The summed E-state index contributed by atoms with van der Waals surface area (Å²) in [5, 5.41) is 0. The molecule has 0 aliphatic carbocycles. The third kappa shape index (κ3) is 6.50. The zero-order valence-corrected chi connectivity index (χ0v) is 13.3. The van der Waals surface area contributed by atoms with Gasteiger partial charge in [-0.3, -0.25) is 4.55 Å². The Morgan fingerprint density at radius 1 is 1.15 bits per heavy atom. The van der Waals surface area contributed by atoms with Gasteiger partial charge in [-0.2, -0.15) is 8.42 Å². The molecule has 5 heteroatoms. The number of hydrogen-bond acceptors (Lipinski definition) is 3. The average Bonchev–Trinajstić information content (AvgIpc) is 2.34. The molecule has 1 atom stereocenters. The molecule has 0 aromatic heterocycles. The van der Waals surface area contributed by atoms with Crippen molar-refractivity contribution in [3.63, 3.8) is 0 Å². The van der Waals surface area contributed by atoms with E-state index in [2.05, 4.69) is 13.8 Å². The van der Waals surface area contributed by atoms with Crippen molar-refractivity contribution in [1.82, 2.24) is 6.15 Å². The first kappa shape index (κ1) is 19.1. The molecule has 1 aromatic rings. The van der Waals surface area contributed by atoms with Crippen LogP contribution < -0.4 is 6.15 Å². The van der Waals surface area contributed by atoms with Crippen LogP contribution in [0.2, 0.25) is 0 Å². The number of unbranched alkanes of at least 4 members (excludes halogenated alkanes) is 3. The Morgan fingerprint density at radius 2 is 1.80 bits per heavy atom. The quantitative estimate of drug-likeness (QED) is 0.555. The summed E-state index contributed by atoms with van der Waals surface area (Å²) in [5.74, 6) is 0.430. The van der Waals surface area contributed by atoms with Crippen LogP contribution in [-0.4, -0.2) is 13.0 Å². The Kier molecular flexibility index (Phi) is 8.69. The molecule has 0 bridgehead atoms. The molecule has 20 heavy (non-hydrogen) atoms. The van der Waals surface area contributed by atoms with E-state index in [0.29, 0.717) is 17.9 Å². The van der Waals surface area contributed by atoms with Crippen molar-refractivity contribution in [3.8, 4) is 0 Å². The van der Waals surface area contributed by atoms with Gasteiger partial charge in [-0.25, -0.2) is 0 Å². The number of benzene rings is 1. The first-order chi connectivity index (χ1) is 8.95. The van der Waals surface area contributed by atoms with E-state index < -0.39 is 10.1 Å². The van der Waals surface area contributed by atoms with Crippen molar-refractivity contribution in [2.45, 2.75) is 57.3 Å². The van der Waals surface area contributed by atoms with Gasteiger partial charge in [0.2, 0.25) is 0 Å². The molecule has 116 valence electrons. The molecule has 0 aliphatic heterocycles. The molecule has 4 N–H and O–H groups in total. The van der Waals surface area contributed by atoms with Crippen LogP contribution in [0.25, 0.3) is 0 Å². The van der Waals surface area contributed by atoms with Crippen LogP contribution in [0.3, 0.4) is 0 Å². The van der Waals surface area contributed by atoms with E-state index in [0.717, 1.165) is 6.42 Å². The summed E-state index contributed by atoms with van der Waals surface area (Å²) in [6.45, 7) is 4.32. The van der Waals surface area contributed by atoms with Crippen molar-refractivity contribution in [2.75, 3.05) is 0 Å². The van der Waals surface area contributed by atoms with E-state index in [-0.39, 0.29) is 11.0 Å². The fourth-order valence-electron chi connectivity index (χ4n) is 2.32. The first-order valence-corrected chi connectivity index (χ1v) is 8.44. The SMILES string of the molecule is CCCCCCC(C)Cc1ccccc1S(=O)(=O)O.N. The summed E-state index contributed by atoms with van der Waals surface area (Å²) in [6.07, 6.45) is 6.69. The van der Waals surface area contributed by atoms with E-state index in [9.17, 15) is 13.0 Å². The lowest BCUT2D eigenvalue weighted by atomic mass is 9.95. The second-order valence-electron chi connectivity index (χ2n) is 5.24. The fourth-order valence-corrected chi connectivity index (χ4v) is 3.05. The van der Waals surface area contributed by atoms with Gasteiger partial charge >= 0.3 is 0 Å². The maximum absolute atomic E-state index is 11.3. The Labute approximate surface area is 122 Å². The highest BCUT2D eigenvalue weighted by Gasteiger charge is 2.16. The van der Waals surface area contributed by atoms with Gasteiger partial charge in [0.1, 0.15) is 0 Å². The maximum atomic E-state index is 11.3. The Morgan fingerprint density at radius 3 is 2.40 bits per heavy atom. The lowest BCUT2D eigenvalue weighted by molar-refractivity contribution is 0.471. The van der Waals surface area contributed by atoms with Crippen molar-refractivity contribution in [2.24, 2.45) is 5.92 Å². The summed E-state index contributed by atoms with van der Waals surface area (Å²) < 4.78 is 31.8. The van der Waals surface area contributed by atoms with Gasteiger partial charge in [-0.05, 0) is 24.0 Å². The molecule has 1 rings (SSSR count). The zero-order valence-electron chi connectivity index (χ0n) is 12.5. The van der Waals surface area contributed by atoms with Gasteiger partial charge in [0.25, 0.3) is 10.1 Å². The normalized spacial score (nSPS) is 12.8. The van der Waals surface area contributed by atoms with Gasteiger partial charge in [0.05, 0.1) is 4.90 Å². The minimum Gasteiger partial charge on any atom is -0.344 e. The van der Waals surface area contributed by atoms with Crippen LogP contribution in [0, 0.1) is 5.92 Å². The van der Waals surface area contributed by atoms with E-state index in [1.54, 1.807) is 12.1 Å². The number of hydrogen-bond donors (Lipinski definition) is 2. The molecule has 0 spiro atoms. The molecule has 0 saturated heterocycles. The highest BCUT2D eigenvalue weighted by molar-refractivity contribution is 7.85. The van der Waals surface area contributed by atoms with Gasteiger partial charge in [-0.1, -0.05) is 64.2 Å². The van der Waals surface area contributed by atoms with E-state index in [1.807, 2.05) is 6.07 Å². The average molecular weight is 301 g/mol. The zero-order chi connectivity index (χ0) is 14.3. The lowest BCUT2D eigenvalue weighted by Crippen LogP contribution is -2.07. The van der Waals surface area contributed by atoms with Crippen LogP contribution in [0.4, 0.5) is 0 Å². The Balaban J connectivity index is 0.00000361. The second-order valence-corrected chi connectivity index (χ2v) is 6.63. The van der Waals surface area contributed by atoms with Gasteiger partial charge < -0.3 is 6.15 Å². The predicted molar refractivity (Wildman–Crippen MR) is 82.9 cm³/mol.